The van der Waals surface area contributed by atoms with Gasteiger partial charge in [-0.1, -0.05) is 0 Å². The molecule has 1 atom stereocenters. The number of nitrogens with one attached hydrogen (secondary N) is 1. The summed E-state index contributed by atoms with van der Waals surface area (Å²) in [6, 6.07) is 1.22. The van der Waals surface area contributed by atoms with E-state index >= 15 is 0 Å². The van der Waals surface area contributed by atoms with Gasteiger partial charge in [0.25, 0.3) is 0 Å². The third kappa shape index (κ3) is 2.00. The summed E-state index contributed by atoms with van der Waals surface area (Å²) in [6.07, 6.45) is 1.74. The summed E-state index contributed by atoms with van der Waals surface area (Å²) >= 11 is 0. The van der Waals surface area contributed by atoms with Crippen molar-refractivity contribution >= 4 is 11.8 Å². The molecule has 0 saturated heterocycles. The van der Waals surface area contributed by atoms with Gasteiger partial charge in [-0.15, -0.1) is 0 Å². The zero-order valence-electron chi connectivity index (χ0n) is 9.45. The van der Waals surface area contributed by atoms with Gasteiger partial charge in [0.2, 0.25) is 5.56 Å². The molecule has 5 heteroatoms. The Balaban J connectivity index is 2.66. The van der Waals surface area contributed by atoms with Crippen molar-refractivity contribution in [3.8, 4) is 0 Å². The van der Waals surface area contributed by atoms with E-state index < -0.39 is 11.9 Å². The minimum atomic E-state index is -1.03. The highest BCUT2D eigenvalue weighted by molar-refractivity contribution is 6.00. The van der Waals surface area contributed by atoms with Crippen molar-refractivity contribution in [3.05, 3.63) is 33.2 Å². The predicted molar refractivity (Wildman–Crippen MR) is 60.4 cm³/mol. The Labute approximate surface area is 97.5 Å². The second-order valence-corrected chi connectivity index (χ2v) is 4.28. The molecule has 0 radical (unpaired) electrons. The number of aromatic amines is 1. The van der Waals surface area contributed by atoms with E-state index in [0.717, 1.165) is 0 Å². The molecule has 1 unspecified atom stereocenters. The molecule has 5 nitrogen and oxygen atoms in total. The largest absolute Gasteiger partial charge is 0.481 e. The van der Waals surface area contributed by atoms with E-state index in [0.29, 0.717) is 36.1 Å². The molecule has 0 saturated carbocycles. The average Bonchev–Trinajstić information content (AvgIpc) is 2.26. The number of carbonyl (C=O) groups excluding carboxylic acids is 1. The van der Waals surface area contributed by atoms with E-state index in [1.807, 2.05) is 0 Å². The number of hydrogen-bond donors (Lipinski definition) is 2. The second kappa shape index (κ2) is 4.16. The van der Waals surface area contributed by atoms with Crippen molar-refractivity contribution < 1.29 is 14.7 Å². The fourth-order valence-electron chi connectivity index (χ4n) is 2.18. The van der Waals surface area contributed by atoms with Gasteiger partial charge in [0, 0.05) is 23.7 Å². The molecule has 1 heterocycles. The number of H-pyrrole nitrogens is 1. The molecular weight excluding hydrogens is 222 g/mol. The van der Waals surface area contributed by atoms with Crippen LogP contribution in [0.1, 0.15) is 47.3 Å². The average molecular weight is 235 g/mol. The summed E-state index contributed by atoms with van der Waals surface area (Å²) in [5.41, 5.74) is 0.977. The molecule has 0 spiro atoms. The van der Waals surface area contributed by atoms with Crippen LogP contribution in [0.2, 0.25) is 0 Å². The normalized spacial score (nSPS) is 16.4. The second-order valence-electron chi connectivity index (χ2n) is 4.28. The number of Topliss-reactive ketones (excluding diaryl/α,β-unsaturated/α-hetero) is 1. The molecule has 17 heavy (non-hydrogen) atoms. The van der Waals surface area contributed by atoms with Crippen molar-refractivity contribution in [2.24, 2.45) is 0 Å². The SMILES string of the molecule is CC(C(=O)O)c1cc(=O)[nH]c2c1C(=O)CCC2. The molecule has 2 N–H and O–H groups in total. The summed E-state index contributed by atoms with van der Waals surface area (Å²) in [5, 5.41) is 8.99. The number of carbonyl (C=O) groups is 2. The number of ketones is 1. The summed E-state index contributed by atoms with van der Waals surface area (Å²) in [7, 11) is 0. The first-order valence-corrected chi connectivity index (χ1v) is 5.53. The fourth-order valence-corrected chi connectivity index (χ4v) is 2.18. The highest BCUT2D eigenvalue weighted by Gasteiger charge is 2.27. The zero-order valence-corrected chi connectivity index (χ0v) is 9.45. The van der Waals surface area contributed by atoms with Gasteiger partial charge < -0.3 is 10.1 Å². The summed E-state index contributed by atoms with van der Waals surface area (Å²) < 4.78 is 0. The molecule has 1 aliphatic carbocycles. The molecule has 1 aliphatic rings. The summed E-state index contributed by atoms with van der Waals surface area (Å²) in [4.78, 5) is 36.9. The van der Waals surface area contributed by atoms with E-state index in [1.165, 1.54) is 13.0 Å². The minimum absolute atomic E-state index is 0.0781. The number of rotatable bonds is 2. The lowest BCUT2D eigenvalue weighted by atomic mass is 9.86. The quantitative estimate of drug-likeness (QED) is 0.803. The topological polar surface area (TPSA) is 87.2 Å². The fraction of sp³-hybridized carbons (Fsp3) is 0.417. The Bertz CT molecular complexity index is 544. The number of hydrogen-bond acceptors (Lipinski definition) is 3. The number of aromatic nitrogens is 1. The maximum absolute atomic E-state index is 11.8. The van der Waals surface area contributed by atoms with Gasteiger partial charge in [0.1, 0.15) is 0 Å². The van der Waals surface area contributed by atoms with Crippen LogP contribution in [0, 0.1) is 0 Å². The number of aliphatic carboxylic acids is 1. The Morgan fingerprint density at radius 1 is 1.41 bits per heavy atom. The lowest BCUT2D eigenvalue weighted by Crippen LogP contribution is -2.24. The highest BCUT2D eigenvalue weighted by atomic mass is 16.4. The molecule has 1 aromatic heterocycles. The molecular formula is C12H13NO4. The smallest absolute Gasteiger partial charge is 0.310 e. The van der Waals surface area contributed by atoms with Crippen LogP contribution in [0.4, 0.5) is 0 Å². The first-order chi connectivity index (χ1) is 8.00. The van der Waals surface area contributed by atoms with Crippen molar-refractivity contribution in [2.75, 3.05) is 0 Å². The van der Waals surface area contributed by atoms with Crippen LogP contribution in [-0.2, 0) is 11.2 Å². The van der Waals surface area contributed by atoms with Gasteiger partial charge in [-0.25, -0.2) is 0 Å². The number of pyridine rings is 1. The molecule has 0 aliphatic heterocycles. The number of aryl methyl sites for hydroxylation is 1. The first kappa shape index (κ1) is 11.6. The van der Waals surface area contributed by atoms with E-state index in [-0.39, 0.29) is 11.3 Å². The Morgan fingerprint density at radius 3 is 2.76 bits per heavy atom. The third-order valence-corrected chi connectivity index (χ3v) is 3.10. The maximum Gasteiger partial charge on any atom is 0.310 e. The molecule has 0 aromatic carbocycles. The van der Waals surface area contributed by atoms with E-state index in [2.05, 4.69) is 4.98 Å². The molecule has 0 bridgehead atoms. The van der Waals surface area contributed by atoms with Crippen LogP contribution in [0.25, 0.3) is 0 Å². The number of carboxylic acid groups (broad SMARTS) is 1. The molecule has 0 amide bonds. The molecule has 0 fully saturated rings. The Morgan fingerprint density at radius 2 is 2.12 bits per heavy atom. The monoisotopic (exact) mass is 235 g/mol. The van der Waals surface area contributed by atoms with E-state index in [4.69, 9.17) is 5.11 Å². The van der Waals surface area contributed by atoms with Crippen LogP contribution in [0.15, 0.2) is 10.9 Å². The summed E-state index contributed by atoms with van der Waals surface area (Å²) in [6.45, 7) is 1.49. The predicted octanol–water partition coefficient (Wildman–Crippen LogP) is 1.08. The van der Waals surface area contributed by atoms with Crippen molar-refractivity contribution in [3.63, 3.8) is 0 Å². The van der Waals surface area contributed by atoms with Gasteiger partial charge in [0.15, 0.2) is 5.78 Å². The lowest BCUT2D eigenvalue weighted by molar-refractivity contribution is -0.138. The minimum Gasteiger partial charge on any atom is -0.481 e. The molecule has 1 aromatic rings. The standard InChI is InChI=1S/C12H13NO4/c1-6(12(16)17)7-5-10(15)13-8-3-2-4-9(14)11(7)8/h5-6H,2-4H2,1H3,(H,13,15)(H,16,17). The molecule has 2 rings (SSSR count). The number of carboxylic acids is 1. The van der Waals surface area contributed by atoms with Crippen molar-refractivity contribution in [1.82, 2.24) is 4.98 Å². The third-order valence-electron chi connectivity index (χ3n) is 3.10. The van der Waals surface area contributed by atoms with Crippen molar-refractivity contribution in [1.29, 1.82) is 0 Å². The van der Waals surface area contributed by atoms with Gasteiger partial charge >= 0.3 is 5.97 Å². The van der Waals surface area contributed by atoms with Gasteiger partial charge in [-0.2, -0.15) is 0 Å². The van der Waals surface area contributed by atoms with Crippen LogP contribution < -0.4 is 5.56 Å². The maximum atomic E-state index is 11.8. The lowest BCUT2D eigenvalue weighted by Gasteiger charge is -2.19. The van der Waals surface area contributed by atoms with Crippen LogP contribution >= 0.6 is 0 Å². The van der Waals surface area contributed by atoms with Gasteiger partial charge in [-0.3, -0.25) is 14.4 Å². The van der Waals surface area contributed by atoms with E-state index in [9.17, 15) is 14.4 Å². The van der Waals surface area contributed by atoms with Gasteiger partial charge in [-0.05, 0) is 25.3 Å². The number of fused-ring (bicyclic) bond motifs is 1. The van der Waals surface area contributed by atoms with Crippen molar-refractivity contribution in [2.45, 2.75) is 32.1 Å². The van der Waals surface area contributed by atoms with Crippen LogP contribution in [0.3, 0.4) is 0 Å². The first-order valence-electron chi connectivity index (χ1n) is 5.53. The Hall–Kier alpha value is -1.91. The summed E-state index contributed by atoms with van der Waals surface area (Å²) in [5.74, 6) is -1.95. The Kier molecular flexibility index (Phi) is 2.83. The molecule has 90 valence electrons. The highest BCUT2D eigenvalue weighted by Crippen LogP contribution is 2.26. The van der Waals surface area contributed by atoms with Crippen LogP contribution in [0.5, 0.6) is 0 Å². The zero-order chi connectivity index (χ0) is 12.6. The van der Waals surface area contributed by atoms with Gasteiger partial charge in [0.05, 0.1) is 5.92 Å². The van der Waals surface area contributed by atoms with Crippen LogP contribution in [-0.4, -0.2) is 21.8 Å². The van der Waals surface area contributed by atoms with E-state index in [1.54, 1.807) is 0 Å².